The summed E-state index contributed by atoms with van der Waals surface area (Å²) in [4.78, 5) is 16.8. The van der Waals surface area contributed by atoms with Crippen molar-refractivity contribution < 1.29 is 4.79 Å². The van der Waals surface area contributed by atoms with Gasteiger partial charge in [-0.25, -0.2) is 0 Å². The molecular formula is C20H22ClN3OS. The molecule has 26 heavy (non-hydrogen) atoms. The van der Waals surface area contributed by atoms with E-state index >= 15 is 0 Å². The highest BCUT2D eigenvalue weighted by atomic mass is 35.5. The molecule has 0 bridgehead atoms. The molecule has 0 radical (unpaired) electrons. The number of carbonyl (C=O) groups excluding carboxylic acids is 1. The number of nitrogens with one attached hydrogen (secondary N) is 1. The van der Waals surface area contributed by atoms with E-state index in [1.54, 1.807) is 24.3 Å². The van der Waals surface area contributed by atoms with Crippen molar-refractivity contribution in [1.82, 2.24) is 15.1 Å². The molecule has 0 atom stereocenters. The second-order valence-electron chi connectivity index (χ2n) is 6.30. The fourth-order valence-corrected chi connectivity index (χ4v) is 3.49. The van der Waals surface area contributed by atoms with E-state index in [2.05, 4.69) is 34.5 Å². The molecule has 0 unspecified atom stereocenters. The van der Waals surface area contributed by atoms with Gasteiger partial charge in [-0.1, -0.05) is 54.1 Å². The molecule has 2 aromatic carbocycles. The quantitative estimate of drug-likeness (QED) is 0.817. The summed E-state index contributed by atoms with van der Waals surface area (Å²) in [6.07, 6.45) is 1.05. The molecule has 1 saturated heterocycles. The molecule has 1 aliphatic rings. The van der Waals surface area contributed by atoms with Gasteiger partial charge in [-0.05, 0) is 36.3 Å². The first-order valence-corrected chi connectivity index (χ1v) is 9.53. The number of hydrogen-bond acceptors (Lipinski definition) is 3. The maximum Gasteiger partial charge on any atom is 0.258 e. The molecule has 1 amide bonds. The summed E-state index contributed by atoms with van der Waals surface area (Å²) in [5, 5.41) is 3.69. The molecule has 3 rings (SSSR count). The van der Waals surface area contributed by atoms with Gasteiger partial charge in [0.2, 0.25) is 0 Å². The summed E-state index contributed by atoms with van der Waals surface area (Å²) >= 11 is 11.5. The monoisotopic (exact) mass is 387 g/mol. The van der Waals surface area contributed by atoms with Crippen LogP contribution in [0.15, 0.2) is 54.6 Å². The molecular weight excluding hydrogens is 366 g/mol. The van der Waals surface area contributed by atoms with E-state index < -0.39 is 0 Å². The van der Waals surface area contributed by atoms with Crippen molar-refractivity contribution in [1.29, 1.82) is 0 Å². The fraction of sp³-hybridized carbons (Fsp3) is 0.300. The van der Waals surface area contributed by atoms with E-state index in [9.17, 15) is 4.79 Å². The van der Waals surface area contributed by atoms with E-state index in [1.165, 1.54) is 5.56 Å². The topological polar surface area (TPSA) is 35.6 Å². The van der Waals surface area contributed by atoms with Crippen molar-refractivity contribution in [3.8, 4) is 0 Å². The summed E-state index contributed by atoms with van der Waals surface area (Å²) < 4.78 is 0. The lowest BCUT2D eigenvalue weighted by Gasteiger charge is -2.36. The molecule has 1 aliphatic heterocycles. The zero-order valence-electron chi connectivity index (χ0n) is 14.5. The number of piperazine rings is 1. The molecule has 4 nitrogen and oxygen atoms in total. The van der Waals surface area contributed by atoms with Crippen LogP contribution in [0.5, 0.6) is 0 Å². The number of thiocarbonyl (C=S) groups is 1. The summed E-state index contributed by atoms with van der Waals surface area (Å²) in [5.74, 6) is -0.257. The predicted octanol–water partition coefficient (Wildman–Crippen LogP) is 3.22. The first kappa shape index (κ1) is 18.8. The maximum absolute atomic E-state index is 12.3. The van der Waals surface area contributed by atoms with Gasteiger partial charge in [0.05, 0.1) is 10.6 Å². The Bertz CT molecular complexity index is 761. The molecule has 2 aromatic rings. The number of nitrogens with zero attached hydrogens (tertiary/aromatic N) is 2. The Morgan fingerprint density at radius 3 is 2.35 bits per heavy atom. The van der Waals surface area contributed by atoms with Gasteiger partial charge in [0.15, 0.2) is 5.11 Å². The highest BCUT2D eigenvalue weighted by molar-refractivity contribution is 7.80. The number of hydrogen-bond donors (Lipinski definition) is 1. The minimum atomic E-state index is -0.257. The van der Waals surface area contributed by atoms with Crippen LogP contribution in [0, 0.1) is 0 Å². The minimum Gasteiger partial charge on any atom is -0.346 e. The van der Waals surface area contributed by atoms with Crippen molar-refractivity contribution in [3.63, 3.8) is 0 Å². The van der Waals surface area contributed by atoms with E-state index in [1.807, 2.05) is 11.0 Å². The lowest BCUT2D eigenvalue weighted by Crippen LogP contribution is -2.52. The van der Waals surface area contributed by atoms with Gasteiger partial charge in [0, 0.05) is 32.7 Å². The Morgan fingerprint density at radius 2 is 1.65 bits per heavy atom. The first-order valence-electron chi connectivity index (χ1n) is 8.74. The maximum atomic E-state index is 12.3. The molecule has 0 aliphatic carbocycles. The van der Waals surface area contributed by atoms with Gasteiger partial charge in [-0.3, -0.25) is 15.0 Å². The van der Waals surface area contributed by atoms with Gasteiger partial charge in [-0.15, -0.1) is 0 Å². The third-order valence-corrected chi connectivity index (χ3v) is 5.25. The zero-order chi connectivity index (χ0) is 18.4. The van der Waals surface area contributed by atoms with Crippen LogP contribution in [0.4, 0.5) is 0 Å². The zero-order valence-corrected chi connectivity index (χ0v) is 16.1. The Balaban J connectivity index is 1.45. The van der Waals surface area contributed by atoms with Gasteiger partial charge >= 0.3 is 0 Å². The lowest BCUT2D eigenvalue weighted by atomic mass is 10.1. The highest BCUT2D eigenvalue weighted by Crippen LogP contribution is 2.14. The molecule has 6 heteroatoms. The second kappa shape index (κ2) is 9.12. The SMILES string of the molecule is O=C(NC(=S)N1CCN(CCc2ccccc2)CC1)c1ccccc1Cl. The Morgan fingerprint density at radius 1 is 1.00 bits per heavy atom. The third kappa shape index (κ3) is 5.04. The fourth-order valence-electron chi connectivity index (χ4n) is 3.00. The van der Waals surface area contributed by atoms with Crippen LogP contribution in [0.1, 0.15) is 15.9 Å². The van der Waals surface area contributed by atoms with Crippen LogP contribution < -0.4 is 5.32 Å². The third-order valence-electron chi connectivity index (χ3n) is 4.56. The summed E-state index contributed by atoms with van der Waals surface area (Å²) in [6.45, 7) is 4.55. The number of rotatable bonds is 4. The number of carbonyl (C=O) groups is 1. The molecule has 0 saturated carbocycles. The van der Waals surface area contributed by atoms with Gasteiger partial charge in [0.1, 0.15) is 0 Å². The van der Waals surface area contributed by atoms with Gasteiger partial charge in [0.25, 0.3) is 5.91 Å². The normalized spacial score (nSPS) is 14.9. The molecule has 0 spiro atoms. The van der Waals surface area contributed by atoms with Crippen molar-refractivity contribution in [2.24, 2.45) is 0 Å². The molecule has 136 valence electrons. The van der Waals surface area contributed by atoms with Crippen molar-refractivity contribution in [3.05, 3.63) is 70.7 Å². The Hall–Kier alpha value is -1.95. The standard InChI is InChI=1S/C20H22ClN3OS/c21-18-9-5-4-8-17(18)19(25)22-20(26)24-14-12-23(13-15-24)11-10-16-6-2-1-3-7-16/h1-9H,10-15H2,(H,22,25,26). The van der Waals surface area contributed by atoms with Crippen LogP contribution in [0.25, 0.3) is 0 Å². The molecule has 1 N–H and O–H groups in total. The molecule has 1 heterocycles. The predicted molar refractivity (Wildman–Crippen MR) is 110 cm³/mol. The van der Waals surface area contributed by atoms with E-state index in [0.29, 0.717) is 15.7 Å². The number of halogens is 1. The van der Waals surface area contributed by atoms with Crippen LogP contribution in [0.3, 0.4) is 0 Å². The van der Waals surface area contributed by atoms with Crippen LogP contribution >= 0.6 is 23.8 Å². The minimum absolute atomic E-state index is 0.257. The Labute approximate surface area is 164 Å². The number of benzene rings is 2. The van der Waals surface area contributed by atoms with E-state index in [-0.39, 0.29) is 5.91 Å². The summed E-state index contributed by atoms with van der Waals surface area (Å²) in [5.41, 5.74) is 1.80. The first-order chi connectivity index (χ1) is 12.6. The summed E-state index contributed by atoms with van der Waals surface area (Å²) in [7, 11) is 0. The van der Waals surface area contributed by atoms with Crippen LogP contribution in [-0.2, 0) is 6.42 Å². The summed E-state index contributed by atoms with van der Waals surface area (Å²) in [6, 6.07) is 17.5. The van der Waals surface area contributed by atoms with Gasteiger partial charge < -0.3 is 4.90 Å². The second-order valence-corrected chi connectivity index (χ2v) is 7.10. The lowest BCUT2D eigenvalue weighted by molar-refractivity contribution is 0.0970. The largest absolute Gasteiger partial charge is 0.346 e. The Kier molecular flexibility index (Phi) is 6.61. The smallest absolute Gasteiger partial charge is 0.258 e. The number of amides is 1. The van der Waals surface area contributed by atoms with Crippen molar-refractivity contribution in [2.45, 2.75) is 6.42 Å². The molecule has 0 aromatic heterocycles. The van der Waals surface area contributed by atoms with Crippen molar-refractivity contribution in [2.75, 3.05) is 32.7 Å². The van der Waals surface area contributed by atoms with Gasteiger partial charge in [-0.2, -0.15) is 0 Å². The van der Waals surface area contributed by atoms with Crippen LogP contribution in [0.2, 0.25) is 5.02 Å². The molecule has 1 fully saturated rings. The average molecular weight is 388 g/mol. The average Bonchev–Trinajstić information content (AvgIpc) is 2.68. The van der Waals surface area contributed by atoms with E-state index in [0.717, 1.165) is 39.1 Å². The van der Waals surface area contributed by atoms with Crippen molar-refractivity contribution >= 4 is 34.8 Å². The highest BCUT2D eigenvalue weighted by Gasteiger charge is 2.20. The van der Waals surface area contributed by atoms with E-state index in [4.69, 9.17) is 23.8 Å². The van der Waals surface area contributed by atoms with Crippen LogP contribution in [-0.4, -0.2) is 53.5 Å².